The number of nitrogens with one attached hydrogen (secondary N) is 1. The molecule has 1 aliphatic heterocycles. The molecule has 5 heteroatoms. The Kier molecular flexibility index (Phi) is 3.28. The van der Waals surface area contributed by atoms with Crippen molar-refractivity contribution in [2.45, 2.75) is 17.5 Å². The lowest BCUT2D eigenvalue weighted by atomic mass is 10.2. The number of benzene rings is 1. The standard InChI is InChI=1S/C11H15NO3S/c1-16(13,14)11-4-2-9(3-5-11)6-12-10-7-15-8-10/h2-5,10,12H,6-8H2,1H3. The van der Waals surface area contributed by atoms with Gasteiger partial charge in [0.1, 0.15) is 0 Å². The third kappa shape index (κ3) is 2.81. The second-order valence-electron chi connectivity index (χ2n) is 4.03. The SMILES string of the molecule is CS(=O)(=O)c1ccc(CNC2COC2)cc1. The van der Waals surface area contributed by atoms with E-state index in [9.17, 15) is 8.42 Å². The van der Waals surface area contributed by atoms with Crippen molar-refractivity contribution in [3.8, 4) is 0 Å². The van der Waals surface area contributed by atoms with Crippen molar-refractivity contribution in [3.63, 3.8) is 0 Å². The van der Waals surface area contributed by atoms with Crippen molar-refractivity contribution < 1.29 is 13.2 Å². The van der Waals surface area contributed by atoms with Crippen LogP contribution in [0.3, 0.4) is 0 Å². The highest BCUT2D eigenvalue weighted by Gasteiger charge is 2.16. The van der Waals surface area contributed by atoms with E-state index in [0.29, 0.717) is 10.9 Å². The van der Waals surface area contributed by atoms with Gasteiger partial charge in [0.25, 0.3) is 0 Å². The minimum absolute atomic E-state index is 0.364. The van der Waals surface area contributed by atoms with Crippen LogP contribution in [0.5, 0.6) is 0 Å². The maximum absolute atomic E-state index is 11.2. The average Bonchev–Trinajstić information content (AvgIpc) is 2.15. The lowest BCUT2D eigenvalue weighted by Gasteiger charge is -2.27. The lowest BCUT2D eigenvalue weighted by Crippen LogP contribution is -2.45. The largest absolute Gasteiger partial charge is 0.378 e. The molecule has 1 fully saturated rings. The molecule has 0 saturated carbocycles. The van der Waals surface area contributed by atoms with E-state index < -0.39 is 9.84 Å². The molecular weight excluding hydrogens is 226 g/mol. The Morgan fingerprint density at radius 1 is 1.31 bits per heavy atom. The third-order valence-electron chi connectivity index (χ3n) is 2.58. The van der Waals surface area contributed by atoms with Crippen LogP contribution in [0.1, 0.15) is 5.56 Å². The summed E-state index contributed by atoms with van der Waals surface area (Å²) in [5, 5.41) is 3.32. The first kappa shape index (κ1) is 11.6. The molecule has 4 nitrogen and oxygen atoms in total. The van der Waals surface area contributed by atoms with Crippen LogP contribution in [-0.2, 0) is 21.1 Å². The molecule has 0 radical (unpaired) electrons. The van der Waals surface area contributed by atoms with Crippen molar-refractivity contribution in [2.75, 3.05) is 19.5 Å². The number of rotatable bonds is 4. The first-order chi connectivity index (χ1) is 7.55. The van der Waals surface area contributed by atoms with Gasteiger partial charge in [0.2, 0.25) is 0 Å². The molecule has 2 rings (SSSR count). The van der Waals surface area contributed by atoms with Crippen molar-refractivity contribution in [1.29, 1.82) is 0 Å². The number of ether oxygens (including phenoxy) is 1. The summed E-state index contributed by atoms with van der Waals surface area (Å²) in [5.74, 6) is 0. The zero-order valence-corrected chi connectivity index (χ0v) is 9.96. The Hall–Kier alpha value is -0.910. The summed E-state index contributed by atoms with van der Waals surface area (Å²) in [6.45, 7) is 2.28. The van der Waals surface area contributed by atoms with E-state index in [-0.39, 0.29) is 0 Å². The predicted molar refractivity (Wildman–Crippen MR) is 61.0 cm³/mol. The number of sulfone groups is 1. The number of hydrogen-bond acceptors (Lipinski definition) is 4. The van der Waals surface area contributed by atoms with Crippen LogP contribution in [0.15, 0.2) is 29.2 Å². The van der Waals surface area contributed by atoms with Crippen molar-refractivity contribution in [1.82, 2.24) is 5.32 Å². The van der Waals surface area contributed by atoms with Crippen LogP contribution in [0, 0.1) is 0 Å². The van der Waals surface area contributed by atoms with Crippen LogP contribution in [-0.4, -0.2) is 33.9 Å². The highest BCUT2D eigenvalue weighted by molar-refractivity contribution is 7.90. The first-order valence-corrected chi connectivity index (χ1v) is 7.05. The van der Waals surface area contributed by atoms with E-state index in [1.807, 2.05) is 12.1 Å². The van der Waals surface area contributed by atoms with Gasteiger partial charge < -0.3 is 10.1 Å². The van der Waals surface area contributed by atoms with E-state index in [1.54, 1.807) is 12.1 Å². The van der Waals surface area contributed by atoms with Gasteiger partial charge >= 0.3 is 0 Å². The minimum atomic E-state index is -3.08. The summed E-state index contributed by atoms with van der Waals surface area (Å²) in [6, 6.07) is 7.40. The highest BCUT2D eigenvalue weighted by Crippen LogP contribution is 2.10. The van der Waals surface area contributed by atoms with Gasteiger partial charge in [-0.15, -0.1) is 0 Å². The van der Waals surface area contributed by atoms with Gasteiger partial charge in [0.05, 0.1) is 24.2 Å². The fraction of sp³-hybridized carbons (Fsp3) is 0.455. The normalized spacial score (nSPS) is 17.1. The summed E-state index contributed by atoms with van der Waals surface area (Å²) in [5.41, 5.74) is 1.08. The second kappa shape index (κ2) is 4.53. The molecule has 88 valence electrons. The molecule has 0 spiro atoms. The lowest BCUT2D eigenvalue weighted by molar-refractivity contribution is -0.00578. The molecule has 0 unspecified atom stereocenters. The Balaban J connectivity index is 1.96. The van der Waals surface area contributed by atoms with E-state index in [4.69, 9.17) is 4.74 Å². The van der Waals surface area contributed by atoms with Crippen LogP contribution in [0.2, 0.25) is 0 Å². The monoisotopic (exact) mass is 241 g/mol. The Bertz CT molecular complexity index is 449. The van der Waals surface area contributed by atoms with Crippen molar-refractivity contribution in [3.05, 3.63) is 29.8 Å². The van der Waals surface area contributed by atoms with E-state index in [1.165, 1.54) is 6.26 Å². The van der Waals surface area contributed by atoms with Crippen LogP contribution >= 0.6 is 0 Å². The quantitative estimate of drug-likeness (QED) is 0.837. The summed E-state index contributed by atoms with van der Waals surface area (Å²) in [4.78, 5) is 0.364. The smallest absolute Gasteiger partial charge is 0.175 e. The van der Waals surface area contributed by atoms with Crippen LogP contribution in [0.4, 0.5) is 0 Å². The molecule has 1 saturated heterocycles. The van der Waals surface area contributed by atoms with E-state index in [2.05, 4.69) is 5.32 Å². The van der Waals surface area contributed by atoms with Gasteiger partial charge in [-0.2, -0.15) is 0 Å². The summed E-state index contributed by atoms with van der Waals surface area (Å²) >= 11 is 0. The Morgan fingerprint density at radius 3 is 2.38 bits per heavy atom. The van der Waals surface area contributed by atoms with Gasteiger partial charge in [0, 0.05) is 12.8 Å². The molecule has 1 heterocycles. The highest BCUT2D eigenvalue weighted by atomic mass is 32.2. The van der Waals surface area contributed by atoms with E-state index in [0.717, 1.165) is 25.3 Å². The van der Waals surface area contributed by atoms with Gasteiger partial charge in [0.15, 0.2) is 9.84 Å². The molecule has 1 aromatic carbocycles. The predicted octanol–water partition coefficient (Wildman–Crippen LogP) is 0.578. The van der Waals surface area contributed by atoms with Gasteiger partial charge in [-0.1, -0.05) is 12.1 Å². The molecule has 0 atom stereocenters. The average molecular weight is 241 g/mol. The zero-order chi connectivity index (χ0) is 11.6. The van der Waals surface area contributed by atoms with Gasteiger partial charge in [-0.25, -0.2) is 8.42 Å². The number of hydrogen-bond donors (Lipinski definition) is 1. The van der Waals surface area contributed by atoms with Gasteiger partial charge in [-0.05, 0) is 17.7 Å². The first-order valence-electron chi connectivity index (χ1n) is 5.16. The molecule has 16 heavy (non-hydrogen) atoms. The summed E-state index contributed by atoms with van der Waals surface area (Å²) in [7, 11) is -3.08. The molecular formula is C11H15NO3S. The Labute approximate surface area is 95.5 Å². The van der Waals surface area contributed by atoms with Crippen LogP contribution in [0.25, 0.3) is 0 Å². The molecule has 0 aliphatic carbocycles. The molecule has 0 aromatic heterocycles. The second-order valence-corrected chi connectivity index (χ2v) is 6.05. The van der Waals surface area contributed by atoms with Crippen molar-refractivity contribution >= 4 is 9.84 Å². The van der Waals surface area contributed by atoms with Crippen molar-refractivity contribution in [2.24, 2.45) is 0 Å². The minimum Gasteiger partial charge on any atom is -0.378 e. The molecule has 1 aliphatic rings. The molecule has 1 N–H and O–H groups in total. The molecule has 0 bridgehead atoms. The summed E-state index contributed by atoms with van der Waals surface area (Å²) in [6.07, 6.45) is 1.21. The molecule has 0 amide bonds. The molecule has 1 aromatic rings. The topological polar surface area (TPSA) is 55.4 Å². The van der Waals surface area contributed by atoms with E-state index >= 15 is 0 Å². The maximum Gasteiger partial charge on any atom is 0.175 e. The fourth-order valence-electron chi connectivity index (χ4n) is 1.47. The Morgan fingerprint density at radius 2 is 1.94 bits per heavy atom. The third-order valence-corrected chi connectivity index (χ3v) is 3.71. The van der Waals surface area contributed by atoms with Crippen LogP contribution < -0.4 is 5.32 Å². The van der Waals surface area contributed by atoms with Gasteiger partial charge in [-0.3, -0.25) is 0 Å². The fourth-order valence-corrected chi connectivity index (χ4v) is 2.10. The summed E-state index contributed by atoms with van der Waals surface area (Å²) < 4.78 is 27.5. The zero-order valence-electron chi connectivity index (χ0n) is 9.14. The maximum atomic E-state index is 11.2.